The molecule has 1 radical (unpaired) electrons. The molecular weight excluding hydrogens is 402 g/mol. The van der Waals surface area contributed by atoms with Gasteiger partial charge < -0.3 is 35.5 Å². The minimum Gasteiger partial charge on any atom is -0.549 e. The molecule has 0 aliphatic carbocycles. The molecule has 0 saturated heterocycles. The molecule has 0 bridgehead atoms. The van der Waals surface area contributed by atoms with Crippen LogP contribution in [0.15, 0.2) is 0 Å². The Labute approximate surface area is 192 Å². The van der Waals surface area contributed by atoms with Gasteiger partial charge in [0.15, 0.2) is 0 Å². The molecule has 0 aliphatic rings. The van der Waals surface area contributed by atoms with Gasteiger partial charge in [0, 0.05) is 43.2 Å². The second kappa shape index (κ2) is 19.6. The summed E-state index contributed by atoms with van der Waals surface area (Å²) in [6.45, 7) is -2.75. The van der Waals surface area contributed by atoms with Crippen molar-refractivity contribution in [3.8, 4) is 0 Å². The Kier molecular flexibility index (Phi) is 28.9. The maximum absolute atomic E-state index is 10.5. The van der Waals surface area contributed by atoms with Gasteiger partial charge in [0.25, 0.3) is 0 Å². The van der Waals surface area contributed by atoms with Crippen molar-refractivity contribution in [2.75, 3.05) is 39.3 Å². The fourth-order valence-electron chi connectivity index (χ4n) is 1.46. The first-order valence-electron chi connectivity index (χ1n) is 5.48. The zero-order valence-corrected chi connectivity index (χ0v) is 18.2. The summed E-state index contributed by atoms with van der Waals surface area (Å²) in [6.07, 6.45) is 0. The summed E-state index contributed by atoms with van der Waals surface area (Å²) in [7, 11) is 0. The Bertz CT molecular complexity index is 333. The summed E-state index contributed by atoms with van der Waals surface area (Å²) in [5, 5.41) is 38.0. The van der Waals surface area contributed by atoms with Crippen LogP contribution in [-0.4, -0.2) is 88.6 Å². The van der Waals surface area contributed by atoms with E-state index in [0.29, 0.717) is 0 Å². The zero-order valence-electron chi connectivity index (χ0n) is 13.3. The molecule has 0 fully saturated rings. The van der Waals surface area contributed by atoms with Crippen LogP contribution in [-0.2, 0) is 36.2 Å². The van der Waals surface area contributed by atoms with Crippen molar-refractivity contribution in [1.29, 1.82) is 0 Å². The van der Waals surface area contributed by atoms with Crippen molar-refractivity contribution in [2.24, 2.45) is 0 Å². The number of hydrogen-bond donors (Lipinski definition) is 2. The van der Waals surface area contributed by atoms with Crippen LogP contribution in [0, 0.1) is 0 Å². The van der Waals surface area contributed by atoms with Crippen molar-refractivity contribution in [3.05, 3.63) is 0 Å². The number of aliphatic carboxylic acids is 4. The second-order valence-electron chi connectivity index (χ2n) is 3.95. The van der Waals surface area contributed by atoms with Crippen LogP contribution in [0.4, 0.5) is 0 Å². The third-order valence-corrected chi connectivity index (χ3v) is 2.16. The molecule has 133 valence electrons. The Morgan fingerprint density at radius 3 is 1.17 bits per heavy atom. The van der Waals surface area contributed by atoms with Crippen LogP contribution in [0.3, 0.4) is 0 Å². The number of carbonyl (C=O) groups excluding carboxylic acids is 2. The second-order valence-corrected chi connectivity index (χ2v) is 3.95. The number of nitrogens with zero attached hydrogens (tertiary/aromatic N) is 2. The van der Waals surface area contributed by atoms with Gasteiger partial charge in [0.2, 0.25) is 0 Å². The molecule has 0 saturated carbocycles. The average Bonchev–Trinajstić information content (AvgIpc) is 2.22. The molecule has 0 aromatic heterocycles. The van der Waals surface area contributed by atoms with E-state index in [1.165, 1.54) is 0 Å². The molecule has 0 rings (SSSR count). The largest absolute Gasteiger partial charge is 1.00 e. The van der Waals surface area contributed by atoms with Crippen LogP contribution >= 0.6 is 0 Å². The minimum atomic E-state index is -1.51. The predicted molar refractivity (Wildman–Crippen MR) is 61.8 cm³/mol. The topological polar surface area (TPSA) is 193 Å². The molecule has 0 aromatic rings. The summed E-state index contributed by atoms with van der Waals surface area (Å²) < 4.78 is 0. The number of rotatable bonds is 11. The van der Waals surface area contributed by atoms with E-state index in [-0.39, 0.29) is 94.7 Å². The van der Waals surface area contributed by atoms with E-state index in [1.54, 1.807) is 0 Å². The zero-order chi connectivity index (χ0) is 15.7. The molecule has 0 spiro atoms. The molecule has 0 atom stereocenters. The van der Waals surface area contributed by atoms with E-state index in [1.807, 2.05) is 0 Å². The molecule has 0 aliphatic heterocycles. The molecule has 0 unspecified atom stereocenters. The van der Waals surface area contributed by atoms with Gasteiger partial charge in [-0.1, -0.05) is 0 Å². The smallest absolute Gasteiger partial charge is 0.549 e. The minimum absolute atomic E-state index is 0. The summed E-state index contributed by atoms with van der Waals surface area (Å²) in [5.41, 5.74) is 0. The predicted octanol–water partition coefficient (Wildman–Crippen LogP) is -11.6. The molecule has 4 N–H and O–H groups in total. The van der Waals surface area contributed by atoms with Crippen LogP contribution in [0.25, 0.3) is 0 Å². The van der Waals surface area contributed by atoms with E-state index in [2.05, 4.69) is 0 Å². The van der Waals surface area contributed by atoms with Crippen molar-refractivity contribution >= 4 is 23.9 Å². The molecule has 11 nitrogen and oxygen atoms in total. The van der Waals surface area contributed by atoms with E-state index in [0.717, 1.165) is 9.80 Å². The quantitative estimate of drug-likeness (QED) is 0.305. The Morgan fingerprint density at radius 2 is 0.958 bits per heavy atom. The first-order valence-corrected chi connectivity index (χ1v) is 5.48. The van der Waals surface area contributed by atoms with Crippen LogP contribution < -0.4 is 69.3 Å². The Hall–Kier alpha value is 0.279. The molecule has 0 heterocycles. The van der Waals surface area contributed by atoms with Gasteiger partial charge in [0.1, 0.15) is 0 Å². The van der Waals surface area contributed by atoms with Crippen molar-refractivity contribution in [3.63, 3.8) is 0 Å². The summed E-state index contributed by atoms with van der Waals surface area (Å²) in [6, 6.07) is 0. The molecule has 14 heteroatoms. The van der Waals surface area contributed by atoms with Crippen molar-refractivity contribution < 1.29 is 121 Å². The number of carboxylic acids is 4. The third-order valence-electron chi connectivity index (χ3n) is 2.16. The van der Waals surface area contributed by atoms with Crippen molar-refractivity contribution in [2.45, 2.75) is 0 Å². The van der Waals surface area contributed by atoms with E-state index in [4.69, 9.17) is 10.2 Å². The fraction of sp³-hybridized carbons (Fsp3) is 0.600. The van der Waals surface area contributed by atoms with Gasteiger partial charge in [-0.25, -0.2) is 0 Å². The monoisotopic (exact) mass is 417 g/mol. The molecule has 24 heavy (non-hydrogen) atoms. The Balaban J connectivity index is -0.000000301. The first kappa shape index (κ1) is 35.4. The summed E-state index contributed by atoms with van der Waals surface area (Å²) in [5.74, 6) is -5.52. The van der Waals surface area contributed by atoms with Gasteiger partial charge in [-0.2, -0.15) is 0 Å². The van der Waals surface area contributed by atoms with Gasteiger partial charge >= 0.3 is 71.1 Å². The van der Waals surface area contributed by atoms with Crippen LogP contribution in [0.2, 0.25) is 0 Å². The summed E-state index contributed by atoms with van der Waals surface area (Å²) >= 11 is 0. The van der Waals surface area contributed by atoms with E-state index in [9.17, 15) is 29.4 Å². The maximum Gasteiger partial charge on any atom is 1.00 e. The fourth-order valence-corrected chi connectivity index (χ4v) is 1.46. The standard InChI is InChI=1S/C10H16N2O8.Cu.2Na.H2O/c13-7(14)3-11(4-8(15)16)1-2-12(5-9(17)18)6-10(19)20;;;;/h1-6H2,(H,13,14)(H,15,16)(H,17,18)(H,19,20);;;;1H2/q;;2*+1;/p-2. The number of carbonyl (C=O) groups is 4. The van der Waals surface area contributed by atoms with Gasteiger partial charge in [-0.3, -0.25) is 19.4 Å². The first-order chi connectivity index (χ1) is 9.20. The third kappa shape index (κ3) is 22.3. The van der Waals surface area contributed by atoms with E-state index < -0.39 is 50.1 Å². The number of carboxylic acid groups (broad SMARTS) is 4. The molecule has 0 amide bonds. The number of hydrogen-bond acceptors (Lipinski definition) is 8. The normalized spacial score (nSPS) is 8.92. The average molecular weight is 418 g/mol. The van der Waals surface area contributed by atoms with Crippen LogP contribution in [0.5, 0.6) is 0 Å². The van der Waals surface area contributed by atoms with Gasteiger partial charge in [0.05, 0.1) is 25.0 Å². The Morgan fingerprint density at radius 1 is 0.708 bits per heavy atom. The van der Waals surface area contributed by atoms with Crippen LogP contribution in [0.1, 0.15) is 0 Å². The molecular formula is C10H16CuN2Na2O9. The van der Waals surface area contributed by atoms with Crippen molar-refractivity contribution in [1.82, 2.24) is 9.80 Å². The maximum atomic E-state index is 10.5. The molecule has 0 aromatic carbocycles. The summed E-state index contributed by atoms with van der Waals surface area (Å²) in [4.78, 5) is 43.9. The van der Waals surface area contributed by atoms with Gasteiger partial charge in [-0.15, -0.1) is 0 Å². The van der Waals surface area contributed by atoms with E-state index >= 15 is 0 Å². The van der Waals surface area contributed by atoms with Gasteiger partial charge in [-0.05, 0) is 0 Å². The SMILES string of the molecule is O.O=C([O-])CN(CCN(CC(=O)O)CC(=O)O)CC(=O)[O-].[Cu].[Na+].[Na+].